The van der Waals surface area contributed by atoms with Crippen molar-refractivity contribution >= 4 is 26.0 Å². The molecule has 1 aromatic rings. The molecule has 1 aromatic carbocycles. The Hall–Kier alpha value is -1.31. The first-order chi connectivity index (χ1) is 11.5. The molecule has 5 nitrogen and oxygen atoms in total. The number of sulfonamides is 1. The number of hydrogen-bond donors (Lipinski definition) is 1. The summed E-state index contributed by atoms with van der Waals surface area (Å²) in [7, 11) is -4.17. The summed E-state index contributed by atoms with van der Waals surface area (Å²) in [5.74, 6) is 0.148. The molecule has 0 saturated carbocycles. The molecule has 138 valence electrons. The van der Waals surface area contributed by atoms with Crippen LogP contribution in [-0.4, -0.2) is 31.9 Å². The summed E-state index contributed by atoms with van der Waals surface area (Å²) in [6, 6.07) is 1.82. The molecule has 1 saturated heterocycles. The number of nitrogens with zero attached hydrogens (tertiary/aromatic N) is 2. The molecule has 0 aliphatic carbocycles. The van der Waals surface area contributed by atoms with Gasteiger partial charge in [-0.1, -0.05) is 13.8 Å². The van der Waals surface area contributed by atoms with Crippen molar-refractivity contribution in [2.45, 2.75) is 43.4 Å². The van der Waals surface area contributed by atoms with Crippen LogP contribution in [0.15, 0.2) is 27.6 Å². The Morgan fingerprint density at radius 3 is 2.52 bits per heavy atom. The van der Waals surface area contributed by atoms with Gasteiger partial charge in [-0.05, 0) is 46.5 Å². The molecule has 10 heteroatoms. The monoisotopic (exact) mass is 439 g/mol. The molecule has 0 unspecified atom stereocenters. The van der Waals surface area contributed by atoms with Crippen molar-refractivity contribution in [3.63, 3.8) is 0 Å². The second kappa shape index (κ2) is 7.13. The van der Waals surface area contributed by atoms with Gasteiger partial charge in [-0.25, -0.2) is 13.1 Å². The number of likely N-dealkylation sites (tertiary alicyclic amines) is 1. The Kier molecular flexibility index (Phi) is 5.71. The van der Waals surface area contributed by atoms with Crippen LogP contribution in [0.4, 0.5) is 13.2 Å². The SMILES string of the molecule is CC(C)[C@H]1C[C@@H](NS(=O)(=O)c2cc(C(F)(F)F)ccc2Br)CN1C#N. The van der Waals surface area contributed by atoms with Gasteiger partial charge >= 0.3 is 6.18 Å². The lowest BCUT2D eigenvalue weighted by Crippen LogP contribution is -2.36. The number of alkyl halides is 3. The van der Waals surface area contributed by atoms with Gasteiger partial charge in [-0.2, -0.15) is 18.4 Å². The summed E-state index contributed by atoms with van der Waals surface area (Å²) in [5.41, 5.74) is -1.04. The standard InChI is InChI=1S/C15H17BrF3N3O2S/c1-9(2)13-6-11(7-22(13)8-20)21-25(23,24)14-5-10(15(17,18)19)3-4-12(14)16/h3-5,9,11,13,21H,6-7H2,1-2H3/t11-,13-/m1/s1. The second-order valence-electron chi connectivity index (χ2n) is 6.26. The summed E-state index contributed by atoms with van der Waals surface area (Å²) in [6.07, 6.45) is -2.19. The van der Waals surface area contributed by atoms with Gasteiger partial charge in [0.2, 0.25) is 10.0 Å². The quantitative estimate of drug-likeness (QED) is 0.730. The lowest BCUT2D eigenvalue weighted by Gasteiger charge is -2.21. The third kappa shape index (κ3) is 4.46. The fourth-order valence-electron chi connectivity index (χ4n) is 2.87. The van der Waals surface area contributed by atoms with E-state index < -0.39 is 32.7 Å². The average molecular weight is 440 g/mol. The van der Waals surface area contributed by atoms with E-state index in [1.54, 1.807) is 0 Å². The average Bonchev–Trinajstić information content (AvgIpc) is 2.88. The van der Waals surface area contributed by atoms with Crippen LogP contribution in [0.3, 0.4) is 0 Å². The number of nitrogens with one attached hydrogen (secondary N) is 1. The zero-order chi connectivity index (χ0) is 19.0. The van der Waals surface area contributed by atoms with Gasteiger partial charge in [0.1, 0.15) is 0 Å². The zero-order valence-corrected chi connectivity index (χ0v) is 15.9. The van der Waals surface area contributed by atoms with Crippen molar-refractivity contribution < 1.29 is 21.6 Å². The minimum absolute atomic E-state index is 0.0449. The molecule has 25 heavy (non-hydrogen) atoms. The fourth-order valence-corrected chi connectivity index (χ4v) is 5.10. The van der Waals surface area contributed by atoms with E-state index in [0.29, 0.717) is 12.5 Å². The van der Waals surface area contributed by atoms with Gasteiger partial charge in [0.05, 0.1) is 10.5 Å². The van der Waals surface area contributed by atoms with Crippen LogP contribution >= 0.6 is 15.9 Å². The maximum Gasteiger partial charge on any atom is 0.416 e. The van der Waals surface area contributed by atoms with E-state index in [1.807, 2.05) is 20.0 Å². The van der Waals surface area contributed by atoms with Crippen molar-refractivity contribution in [3.8, 4) is 6.19 Å². The minimum atomic E-state index is -4.64. The molecule has 2 atom stereocenters. The van der Waals surface area contributed by atoms with Crippen molar-refractivity contribution in [1.82, 2.24) is 9.62 Å². The molecule has 0 aromatic heterocycles. The van der Waals surface area contributed by atoms with E-state index in [9.17, 15) is 21.6 Å². The number of nitriles is 1. The minimum Gasteiger partial charge on any atom is -0.306 e. The summed E-state index contributed by atoms with van der Waals surface area (Å²) in [6.45, 7) is 4.04. The first kappa shape index (κ1) is 20.0. The second-order valence-corrected chi connectivity index (χ2v) is 8.80. The van der Waals surface area contributed by atoms with Gasteiger partial charge in [0.25, 0.3) is 0 Å². The molecule has 1 N–H and O–H groups in total. The third-order valence-electron chi connectivity index (χ3n) is 4.11. The molecule has 0 amide bonds. The Bertz CT molecular complexity index is 790. The van der Waals surface area contributed by atoms with Crippen molar-refractivity contribution in [1.29, 1.82) is 5.26 Å². The van der Waals surface area contributed by atoms with Crippen molar-refractivity contribution in [2.75, 3.05) is 6.54 Å². The Morgan fingerprint density at radius 2 is 2.04 bits per heavy atom. The normalized spacial score (nSPS) is 21.6. The van der Waals surface area contributed by atoms with Crippen LogP contribution in [0.2, 0.25) is 0 Å². The highest BCUT2D eigenvalue weighted by molar-refractivity contribution is 9.10. The predicted octanol–water partition coefficient (Wildman–Crippen LogP) is 3.33. The largest absolute Gasteiger partial charge is 0.416 e. The van der Waals surface area contributed by atoms with E-state index >= 15 is 0 Å². The topological polar surface area (TPSA) is 73.2 Å². The summed E-state index contributed by atoms with van der Waals surface area (Å²) < 4.78 is 66.1. The fraction of sp³-hybridized carbons (Fsp3) is 0.533. The smallest absolute Gasteiger partial charge is 0.306 e. The van der Waals surface area contributed by atoms with Crippen LogP contribution in [-0.2, 0) is 16.2 Å². The first-order valence-corrected chi connectivity index (χ1v) is 9.78. The van der Waals surface area contributed by atoms with Gasteiger partial charge in [0, 0.05) is 23.1 Å². The zero-order valence-electron chi connectivity index (χ0n) is 13.5. The molecular weight excluding hydrogens is 423 g/mol. The molecule has 1 fully saturated rings. The van der Waals surface area contributed by atoms with Gasteiger partial charge < -0.3 is 4.90 Å². The maximum atomic E-state index is 12.9. The van der Waals surface area contributed by atoms with Gasteiger partial charge in [0.15, 0.2) is 6.19 Å². The van der Waals surface area contributed by atoms with Crippen molar-refractivity contribution in [3.05, 3.63) is 28.2 Å². The van der Waals surface area contributed by atoms with E-state index in [4.69, 9.17) is 5.26 Å². The predicted molar refractivity (Wildman–Crippen MR) is 88.8 cm³/mol. The number of rotatable bonds is 4. The highest BCUT2D eigenvalue weighted by atomic mass is 79.9. The maximum absolute atomic E-state index is 12.9. The number of benzene rings is 1. The molecule has 0 spiro atoms. The highest BCUT2D eigenvalue weighted by Crippen LogP contribution is 2.34. The molecule has 0 bridgehead atoms. The van der Waals surface area contributed by atoms with Gasteiger partial charge in [-0.3, -0.25) is 0 Å². The van der Waals surface area contributed by atoms with Crippen LogP contribution in [0.1, 0.15) is 25.8 Å². The van der Waals surface area contributed by atoms with Crippen molar-refractivity contribution in [2.24, 2.45) is 5.92 Å². The lowest BCUT2D eigenvalue weighted by atomic mass is 10.0. The summed E-state index contributed by atoms with van der Waals surface area (Å²) >= 11 is 2.99. The molecule has 1 aliphatic heterocycles. The Morgan fingerprint density at radius 1 is 1.40 bits per heavy atom. The highest BCUT2D eigenvalue weighted by Gasteiger charge is 2.37. The molecule has 2 rings (SSSR count). The van der Waals surface area contributed by atoms with Gasteiger partial charge in [-0.15, -0.1) is 0 Å². The Balaban J connectivity index is 2.28. The van der Waals surface area contributed by atoms with Crippen LogP contribution in [0.5, 0.6) is 0 Å². The molecule has 1 heterocycles. The lowest BCUT2D eigenvalue weighted by molar-refractivity contribution is -0.137. The van der Waals surface area contributed by atoms with E-state index in [2.05, 4.69) is 20.7 Å². The summed E-state index contributed by atoms with van der Waals surface area (Å²) in [4.78, 5) is 1.03. The van der Waals surface area contributed by atoms with E-state index in [1.165, 1.54) is 4.90 Å². The van der Waals surface area contributed by atoms with Crippen LogP contribution < -0.4 is 4.72 Å². The molecular formula is C15H17BrF3N3O2S. The van der Waals surface area contributed by atoms with Crippen LogP contribution in [0, 0.1) is 17.4 Å². The number of halogens is 4. The van der Waals surface area contributed by atoms with E-state index in [0.717, 1.165) is 12.1 Å². The Labute approximate surface area is 153 Å². The number of hydrogen-bond acceptors (Lipinski definition) is 4. The summed E-state index contributed by atoms with van der Waals surface area (Å²) in [5, 5.41) is 9.15. The van der Waals surface area contributed by atoms with E-state index in [-0.39, 0.29) is 23.0 Å². The molecule has 0 radical (unpaired) electrons. The third-order valence-corrected chi connectivity index (χ3v) is 6.63. The first-order valence-electron chi connectivity index (χ1n) is 7.51. The molecule has 1 aliphatic rings. The van der Waals surface area contributed by atoms with Crippen LogP contribution in [0.25, 0.3) is 0 Å².